The molecule has 2 N–H and O–H groups in total. The monoisotopic (exact) mass is 283 g/mol. The number of benzene rings is 1. The summed E-state index contributed by atoms with van der Waals surface area (Å²) in [5.74, 6) is 1.04. The van der Waals surface area contributed by atoms with E-state index < -0.39 is 0 Å². The SMILES string of the molecule is Cc1cc(C)c(-c2cnc(CNC3CCCC3)[nH]2)c(C)c1. The van der Waals surface area contributed by atoms with E-state index in [0.717, 1.165) is 18.1 Å². The molecule has 1 saturated carbocycles. The Morgan fingerprint density at radius 3 is 2.48 bits per heavy atom. The summed E-state index contributed by atoms with van der Waals surface area (Å²) in [5, 5.41) is 3.61. The Balaban J connectivity index is 1.75. The minimum atomic E-state index is 0.682. The first-order valence-corrected chi connectivity index (χ1v) is 7.99. The number of hydrogen-bond donors (Lipinski definition) is 2. The Kier molecular flexibility index (Phi) is 4.11. The van der Waals surface area contributed by atoms with Crippen LogP contribution in [0.3, 0.4) is 0 Å². The average Bonchev–Trinajstić information content (AvgIpc) is 3.06. The number of hydrogen-bond acceptors (Lipinski definition) is 2. The van der Waals surface area contributed by atoms with Crippen LogP contribution in [0.15, 0.2) is 18.3 Å². The molecular weight excluding hydrogens is 258 g/mol. The number of aryl methyl sites for hydroxylation is 3. The van der Waals surface area contributed by atoms with Crippen molar-refractivity contribution in [1.29, 1.82) is 0 Å². The van der Waals surface area contributed by atoms with E-state index in [9.17, 15) is 0 Å². The number of nitrogens with zero attached hydrogens (tertiary/aromatic N) is 1. The Morgan fingerprint density at radius 1 is 1.14 bits per heavy atom. The van der Waals surface area contributed by atoms with Crippen LogP contribution in [0, 0.1) is 20.8 Å². The largest absolute Gasteiger partial charge is 0.341 e. The standard InChI is InChI=1S/C18H25N3/c1-12-8-13(2)18(14(3)9-12)16-10-20-17(21-16)11-19-15-6-4-5-7-15/h8-10,15,19H,4-7,11H2,1-3H3,(H,20,21). The first-order chi connectivity index (χ1) is 10.1. The molecule has 0 aliphatic heterocycles. The van der Waals surface area contributed by atoms with Gasteiger partial charge >= 0.3 is 0 Å². The minimum absolute atomic E-state index is 0.682. The van der Waals surface area contributed by atoms with Gasteiger partial charge < -0.3 is 10.3 Å². The topological polar surface area (TPSA) is 40.7 Å². The summed E-state index contributed by atoms with van der Waals surface area (Å²) in [6.07, 6.45) is 7.31. The number of aromatic nitrogens is 2. The molecule has 0 spiro atoms. The van der Waals surface area contributed by atoms with Crippen LogP contribution in [0.25, 0.3) is 11.3 Å². The van der Waals surface area contributed by atoms with Gasteiger partial charge in [-0.1, -0.05) is 30.5 Å². The molecule has 0 saturated heterocycles. The van der Waals surface area contributed by atoms with Crippen LogP contribution in [0.4, 0.5) is 0 Å². The number of imidazole rings is 1. The maximum Gasteiger partial charge on any atom is 0.120 e. The van der Waals surface area contributed by atoms with Crippen molar-refractivity contribution in [3.8, 4) is 11.3 Å². The van der Waals surface area contributed by atoms with Gasteiger partial charge in [0.15, 0.2) is 0 Å². The van der Waals surface area contributed by atoms with E-state index in [1.54, 1.807) is 0 Å². The second kappa shape index (κ2) is 6.02. The molecule has 0 radical (unpaired) electrons. The molecule has 0 atom stereocenters. The molecule has 1 fully saturated rings. The lowest BCUT2D eigenvalue weighted by Crippen LogP contribution is -2.25. The second-order valence-electron chi connectivity index (χ2n) is 6.38. The van der Waals surface area contributed by atoms with Gasteiger partial charge in [-0.3, -0.25) is 0 Å². The van der Waals surface area contributed by atoms with Crippen molar-refractivity contribution in [2.75, 3.05) is 0 Å². The number of rotatable bonds is 4. The molecule has 21 heavy (non-hydrogen) atoms. The lowest BCUT2D eigenvalue weighted by atomic mass is 9.98. The van der Waals surface area contributed by atoms with Crippen molar-refractivity contribution in [2.24, 2.45) is 0 Å². The van der Waals surface area contributed by atoms with Gasteiger partial charge in [-0.2, -0.15) is 0 Å². The predicted octanol–water partition coefficient (Wildman–Crippen LogP) is 4.03. The smallest absolute Gasteiger partial charge is 0.120 e. The summed E-state index contributed by atoms with van der Waals surface area (Å²) in [6, 6.07) is 5.15. The first-order valence-electron chi connectivity index (χ1n) is 7.99. The third-order valence-electron chi connectivity index (χ3n) is 4.49. The number of nitrogens with one attached hydrogen (secondary N) is 2. The van der Waals surface area contributed by atoms with Crippen LogP contribution >= 0.6 is 0 Å². The molecule has 2 aromatic rings. The normalized spacial score (nSPS) is 15.8. The molecule has 0 bridgehead atoms. The Labute approximate surface area is 127 Å². The highest BCUT2D eigenvalue weighted by Gasteiger charge is 2.15. The molecule has 112 valence electrons. The molecule has 0 amide bonds. The van der Waals surface area contributed by atoms with Crippen LogP contribution in [-0.4, -0.2) is 16.0 Å². The van der Waals surface area contributed by atoms with E-state index in [1.165, 1.54) is 47.9 Å². The van der Waals surface area contributed by atoms with E-state index in [-0.39, 0.29) is 0 Å². The molecule has 3 nitrogen and oxygen atoms in total. The van der Waals surface area contributed by atoms with Gasteiger partial charge in [0.25, 0.3) is 0 Å². The van der Waals surface area contributed by atoms with Crippen LogP contribution < -0.4 is 5.32 Å². The van der Waals surface area contributed by atoms with E-state index in [4.69, 9.17) is 0 Å². The highest BCUT2D eigenvalue weighted by Crippen LogP contribution is 2.27. The molecular formula is C18H25N3. The fraction of sp³-hybridized carbons (Fsp3) is 0.500. The molecule has 3 heteroatoms. The van der Waals surface area contributed by atoms with E-state index in [1.807, 2.05) is 6.20 Å². The van der Waals surface area contributed by atoms with Crippen molar-refractivity contribution < 1.29 is 0 Å². The van der Waals surface area contributed by atoms with E-state index in [2.05, 4.69) is 48.2 Å². The van der Waals surface area contributed by atoms with E-state index in [0.29, 0.717) is 6.04 Å². The Hall–Kier alpha value is -1.61. The molecule has 1 aliphatic rings. The third-order valence-corrected chi connectivity index (χ3v) is 4.49. The highest BCUT2D eigenvalue weighted by atomic mass is 15.0. The van der Waals surface area contributed by atoms with Gasteiger partial charge in [-0.15, -0.1) is 0 Å². The second-order valence-corrected chi connectivity index (χ2v) is 6.38. The van der Waals surface area contributed by atoms with Crippen LogP contribution in [-0.2, 0) is 6.54 Å². The zero-order valence-corrected chi connectivity index (χ0v) is 13.3. The molecule has 1 aromatic carbocycles. The molecule has 0 unspecified atom stereocenters. The van der Waals surface area contributed by atoms with Crippen LogP contribution in [0.5, 0.6) is 0 Å². The fourth-order valence-electron chi connectivity index (χ4n) is 3.56. The molecule has 3 rings (SSSR count). The number of aromatic amines is 1. The summed E-state index contributed by atoms with van der Waals surface area (Å²) >= 11 is 0. The molecule has 1 aliphatic carbocycles. The summed E-state index contributed by atoms with van der Waals surface area (Å²) in [7, 11) is 0. The quantitative estimate of drug-likeness (QED) is 0.889. The Bertz CT molecular complexity index is 598. The van der Waals surface area contributed by atoms with Crippen molar-refractivity contribution in [1.82, 2.24) is 15.3 Å². The molecule has 1 aromatic heterocycles. The zero-order chi connectivity index (χ0) is 14.8. The summed E-state index contributed by atoms with van der Waals surface area (Å²) < 4.78 is 0. The van der Waals surface area contributed by atoms with Crippen molar-refractivity contribution in [3.63, 3.8) is 0 Å². The van der Waals surface area contributed by atoms with Crippen LogP contribution in [0.2, 0.25) is 0 Å². The molecule has 1 heterocycles. The van der Waals surface area contributed by atoms with Gasteiger partial charge in [0.05, 0.1) is 18.4 Å². The van der Waals surface area contributed by atoms with Gasteiger partial charge in [-0.25, -0.2) is 4.98 Å². The van der Waals surface area contributed by atoms with Gasteiger partial charge in [0.1, 0.15) is 5.82 Å². The Morgan fingerprint density at radius 2 is 1.81 bits per heavy atom. The van der Waals surface area contributed by atoms with E-state index >= 15 is 0 Å². The fourth-order valence-corrected chi connectivity index (χ4v) is 3.56. The van der Waals surface area contributed by atoms with Crippen molar-refractivity contribution >= 4 is 0 Å². The lowest BCUT2D eigenvalue weighted by molar-refractivity contribution is 0.515. The highest BCUT2D eigenvalue weighted by molar-refractivity contribution is 5.67. The minimum Gasteiger partial charge on any atom is -0.341 e. The van der Waals surface area contributed by atoms with Gasteiger partial charge in [0, 0.05) is 11.6 Å². The summed E-state index contributed by atoms with van der Waals surface area (Å²) in [5.41, 5.74) is 6.36. The van der Waals surface area contributed by atoms with Crippen LogP contribution in [0.1, 0.15) is 48.2 Å². The third kappa shape index (κ3) is 3.18. The maximum absolute atomic E-state index is 4.54. The van der Waals surface area contributed by atoms with Crippen molar-refractivity contribution in [2.45, 2.75) is 59.0 Å². The zero-order valence-electron chi connectivity index (χ0n) is 13.3. The summed E-state index contributed by atoms with van der Waals surface area (Å²) in [4.78, 5) is 8.02. The summed E-state index contributed by atoms with van der Waals surface area (Å²) in [6.45, 7) is 7.33. The maximum atomic E-state index is 4.54. The number of H-pyrrole nitrogens is 1. The average molecular weight is 283 g/mol. The van der Waals surface area contributed by atoms with Crippen molar-refractivity contribution in [3.05, 3.63) is 40.8 Å². The van der Waals surface area contributed by atoms with Gasteiger partial charge in [-0.05, 0) is 44.7 Å². The first kappa shape index (κ1) is 14.3. The predicted molar refractivity (Wildman–Crippen MR) is 87.3 cm³/mol. The lowest BCUT2D eigenvalue weighted by Gasteiger charge is -2.10. The van der Waals surface area contributed by atoms with Gasteiger partial charge in [0.2, 0.25) is 0 Å².